The van der Waals surface area contributed by atoms with E-state index in [0.29, 0.717) is 11.4 Å². The fourth-order valence-corrected chi connectivity index (χ4v) is 5.46. The zero-order valence-electron chi connectivity index (χ0n) is 24.0. The van der Waals surface area contributed by atoms with Crippen molar-refractivity contribution in [1.29, 1.82) is 0 Å². The van der Waals surface area contributed by atoms with E-state index in [-0.39, 0.29) is 54.7 Å². The number of benzene rings is 5. The zero-order valence-corrected chi connectivity index (χ0v) is 25.7. The number of nitrogens with two attached hydrogens (primary N) is 1. The molecule has 0 amide bonds. The minimum absolute atomic E-state index is 0.0590. The molecule has 4 N–H and O–H groups in total. The van der Waals surface area contributed by atoms with E-state index in [1.807, 2.05) is 0 Å². The van der Waals surface area contributed by atoms with Crippen molar-refractivity contribution in [2.45, 2.75) is 9.79 Å². The number of nitro groups is 1. The Hall–Kier alpha value is -5.98. The summed E-state index contributed by atoms with van der Waals surface area (Å²) < 4.78 is 57.0. The molecular weight excluding hydrogens is 653 g/mol. The molecule has 0 unspecified atom stereocenters. The molecule has 0 fully saturated rings. The first kappa shape index (κ1) is 32.4. The quantitative estimate of drug-likeness (QED) is 0.0450. The van der Waals surface area contributed by atoms with Crippen molar-refractivity contribution in [2.24, 2.45) is 30.7 Å². The highest BCUT2D eigenvalue weighted by Crippen LogP contribution is 2.46. The summed E-state index contributed by atoms with van der Waals surface area (Å²) in [6.07, 6.45) is 0.938. The Morgan fingerprint density at radius 1 is 0.660 bits per heavy atom. The Morgan fingerprint density at radius 2 is 1.11 bits per heavy atom. The van der Waals surface area contributed by atoms with Crippen LogP contribution in [0.2, 0.25) is 0 Å². The number of anilines is 1. The van der Waals surface area contributed by atoms with Crippen molar-refractivity contribution in [3.63, 3.8) is 0 Å². The van der Waals surface area contributed by atoms with Gasteiger partial charge in [-0.2, -0.15) is 28.9 Å². The standard InChI is InChI=1S/C29H22N8O8S2/c1-46(41,42)26-16-24-23(14-15-25(30)27(24)35-33-19-6-10-21(11-7-19)37(39)40)29(38)28(26)36-34-18-4-2-17(3-5-18)31-32-20-8-12-22(13-9-20)47(43,44)45/h2-16,38H,30H2,1H3,(H,43,44,45). The third kappa shape index (κ3) is 7.47. The predicted molar refractivity (Wildman–Crippen MR) is 171 cm³/mol. The summed E-state index contributed by atoms with van der Waals surface area (Å²) in [5.41, 5.74) is 7.15. The fraction of sp³-hybridized carbons (Fsp3) is 0.0345. The zero-order chi connectivity index (χ0) is 33.9. The van der Waals surface area contributed by atoms with Crippen LogP contribution in [0.5, 0.6) is 5.75 Å². The maximum absolute atomic E-state index is 12.8. The van der Waals surface area contributed by atoms with E-state index in [2.05, 4.69) is 30.7 Å². The number of azo groups is 3. The molecule has 5 aromatic carbocycles. The van der Waals surface area contributed by atoms with Crippen LogP contribution in [0.25, 0.3) is 10.8 Å². The molecule has 0 aliphatic rings. The van der Waals surface area contributed by atoms with E-state index in [4.69, 9.17) is 10.3 Å². The average Bonchev–Trinajstić information content (AvgIpc) is 3.02. The van der Waals surface area contributed by atoms with Gasteiger partial charge in [-0.15, -0.1) is 10.2 Å². The average molecular weight is 675 g/mol. The highest BCUT2D eigenvalue weighted by molar-refractivity contribution is 7.90. The van der Waals surface area contributed by atoms with Crippen LogP contribution in [-0.2, 0) is 20.0 Å². The smallest absolute Gasteiger partial charge is 0.294 e. The number of nitrogen functional groups attached to an aromatic ring is 1. The van der Waals surface area contributed by atoms with Crippen molar-refractivity contribution in [3.05, 3.63) is 101 Å². The third-order valence-electron chi connectivity index (χ3n) is 6.49. The Bertz CT molecular complexity index is 2330. The fourth-order valence-electron chi connectivity index (χ4n) is 4.15. The number of nitrogens with zero attached hydrogens (tertiary/aromatic N) is 7. The largest absolute Gasteiger partial charge is 0.505 e. The van der Waals surface area contributed by atoms with Gasteiger partial charge in [-0.25, -0.2) is 8.42 Å². The van der Waals surface area contributed by atoms with Gasteiger partial charge in [-0.05, 0) is 78.9 Å². The summed E-state index contributed by atoms with van der Waals surface area (Å²) >= 11 is 0. The van der Waals surface area contributed by atoms with Gasteiger partial charge in [0.2, 0.25) is 0 Å². The monoisotopic (exact) mass is 674 g/mol. The molecule has 0 bridgehead atoms. The van der Waals surface area contributed by atoms with Crippen LogP contribution in [0.15, 0.2) is 131 Å². The topological polar surface area (TPSA) is 252 Å². The van der Waals surface area contributed by atoms with E-state index in [1.54, 1.807) is 12.1 Å². The maximum Gasteiger partial charge on any atom is 0.294 e. The minimum Gasteiger partial charge on any atom is -0.505 e. The molecule has 0 spiro atoms. The van der Waals surface area contributed by atoms with Crippen LogP contribution in [-0.4, -0.2) is 37.7 Å². The van der Waals surface area contributed by atoms with Gasteiger partial charge in [0.1, 0.15) is 11.4 Å². The van der Waals surface area contributed by atoms with Crippen LogP contribution in [0.4, 0.5) is 45.5 Å². The molecule has 0 atom stereocenters. The van der Waals surface area contributed by atoms with Crippen LogP contribution < -0.4 is 5.73 Å². The molecule has 0 aliphatic carbocycles. The summed E-state index contributed by atoms with van der Waals surface area (Å²) in [5, 5.41) is 46.8. The second kappa shape index (κ2) is 12.8. The van der Waals surface area contributed by atoms with Crippen LogP contribution >= 0.6 is 0 Å². The van der Waals surface area contributed by atoms with Crippen molar-refractivity contribution in [2.75, 3.05) is 12.0 Å². The van der Waals surface area contributed by atoms with Gasteiger partial charge in [0.05, 0.1) is 43.2 Å². The van der Waals surface area contributed by atoms with E-state index in [9.17, 15) is 32.1 Å². The van der Waals surface area contributed by atoms with Gasteiger partial charge in [-0.1, -0.05) is 0 Å². The van der Waals surface area contributed by atoms with Crippen molar-refractivity contribution in [3.8, 4) is 5.75 Å². The second-order valence-electron chi connectivity index (χ2n) is 9.80. The molecule has 47 heavy (non-hydrogen) atoms. The molecule has 5 aromatic rings. The molecule has 238 valence electrons. The second-order valence-corrected chi connectivity index (χ2v) is 13.2. The molecule has 0 saturated heterocycles. The first-order chi connectivity index (χ1) is 22.2. The number of nitro benzene ring substituents is 1. The van der Waals surface area contributed by atoms with E-state index in [0.717, 1.165) is 6.26 Å². The summed E-state index contributed by atoms with van der Waals surface area (Å²) in [7, 11) is -8.31. The van der Waals surface area contributed by atoms with E-state index < -0.39 is 30.6 Å². The maximum atomic E-state index is 12.8. The molecule has 16 nitrogen and oxygen atoms in total. The molecule has 0 heterocycles. The van der Waals surface area contributed by atoms with E-state index in [1.165, 1.54) is 78.9 Å². The van der Waals surface area contributed by atoms with Crippen molar-refractivity contribution < 1.29 is 31.4 Å². The lowest BCUT2D eigenvalue weighted by Gasteiger charge is -2.12. The molecular formula is C29H22N8O8S2. The number of aromatic hydroxyl groups is 1. The third-order valence-corrected chi connectivity index (χ3v) is 8.47. The van der Waals surface area contributed by atoms with E-state index >= 15 is 0 Å². The predicted octanol–water partition coefficient (Wildman–Crippen LogP) is 7.93. The normalized spacial score (nSPS) is 12.5. The van der Waals surface area contributed by atoms with Gasteiger partial charge in [0.25, 0.3) is 15.8 Å². The number of non-ortho nitro benzene ring substituents is 1. The molecule has 0 saturated carbocycles. The summed E-state index contributed by atoms with van der Waals surface area (Å²) in [6.45, 7) is 0. The SMILES string of the molecule is CS(=O)(=O)c1cc2c(N=Nc3ccc([N+](=O)[O-])cc3)c(N)ccc2c(O)c1N=Nc1ccc(N=Nc2ccc(S(=O)(=O)O)cc2)cc1. The highest BCUT2D eigenvalue weighted by atomic mass is 32.2. The molecule has 18 heteroatoms. The lowest BCUT2D eigenvalue weighted by atomic mass is 10.1. The number of phenolic OH excluding ortho intramolecular Hbond substituents is 1. The Morgan fingerprint density at radius 3 is 1.57 bits per heavy atom. The molecule has 0 aromatic heterocycles. The summed E-state index contributed by atoms with van der Waals surface area (Å²) in [4.78, 5) is 9.73. The molecule has 5 rings (SSSR count). The highest BCUT2D eigenvalue weighted by Gasteiger charge is 2.22. The number of hydrogen-bond donors (Lipinski definition) is 3. The van der Waals surface area contributed by atoms with Crippen molar-refractivity contribution in [1.82, 2.24) is 0 Å². The van der Waals surface area contributed by atoms with Crippen LogP contribution in [0.3, 0.4) is 0 Å². The van der Waals surface area contributed by atoms with Gasteiger partial charge >= 0.3 is 0 Å². The van der Waals surface area contributed by atoms with Crippen molar-refractivity contribution >= 4 is 76.2 Å². The number of hydrogen-bond acceptors (Lipinski definition) is 14. The molecule has 0 aliphatic heterocycles. The first-order valence-corrected chi connectivity index (χ1v) is 16.5. The lowest BCUT2D eigenvalue weighted by molar-refractivity contribution is -0.384. The Balaban J connectivity index is 1.45. The molecule has 0 radical (unpaired) electrons. The summed E-state index contributed by atoms with van der Waals surface area (Å²) in [5.74, 6) is -0.496. The number of rotatable bonds is 9. The lowest BCUT2D eigenvalue weighted by Crippen LogP contribution is -1.98. The van der Waals surface area contributed by atoms with Gasteiger partial charge < -0.3 is 10.8 Å². The van der Waals surface area contributed by atoms with Gasteiger partial charge in [0, 0.05) is 29.2 Å². The number of fused-ring (bicyclic) bond motifs is 1. The Labute approximate surface area is 266 Å². The van der Waals surface area contributed by atoms with Crippen LogP contribution in [0, 0.1) is 10.1 Å². The van der Waals surface area contributed by atoms with Gasteiger partial charge in [0.15, 0.2) is 15.6 Å². The summed E-state index contributed by atoms with van der Waals surface area (Å²) in [6, 6.07) is 20.7. The number of sulfone groups is 1. The number of phenols is 1. The Kier molecular flexibility index (Phi) is 8.82. The van der Waals surface area contributed by atoms with Gasteiger partial charge in [-0.3, -0.25) is 14.7 Å². The minimum atomic E-state index is -4.33. The first-order valence-electron chi connectivity index (χ1n) is 13.2. The van der Waals surface area contributed by atoms with Crippen LogP contribution in [0.1, 0.15) is 0 Å².